The number of carboxylic acid groups (broad SMARTS) is 1. The highest BCUT2D eigenvalue weighted by Gasteiger charge is 2.27. The molecule has 1 aliphatic rings. The molecule has 160 valence electrons. The molecule has 1 aromatic heterocycles. The standard InChI is InChI=1S/C22H28N4O4/c1-30-19-9-7-17(8-10-19)16-23-20-6-2-4-18(24-20)5-3-12-25-14-15-26(22(25)29)13-11-21(27)28/h2,4,6-10H,3,5,11-16H2,1H3,(H,23,24)(H,27,28). The summed E-state index contributed by atoms with van der Waals surface area (Å²) in [5, 5.41) is 12.1. The highest BCUT2D eigenvalue weighted by atomic mass is 16.5. The van der Waals surface area contributed by atoms with Gasteiger partial charge in [-0.05, 0) is 42.7 Å². The van der Waals surface area contributed by atoms with Gasteiger partial charge < -0.3 is 25.0 Å². The van der Waals surface area contributed by atoms with Crippen molar-refractivity contribution in [3.8, 4) is 5.75 Å². The van der Waals surface area contributed by atoms with E-state index >= 15 is 0 Å². The van der Waals surface area contributed by atoms with E-state index in [1.807, 2.05) is 42.5 Å². The van der Waals surface area contributed by atoms with Crippen LogP contribution in [-0.4, -0.2) is 65.2 Å². The Balaban J connectivity index is 1.43. The molecule has 3 rings (SSSR count). The van der Waals surface area contributed by atoms with Gasteiger partial charge >= 0.3 is 12.0 Å². The summed E-state index contributed by atoms with van der Waals surface area (Å²) in [5.41, 5.74) is 2.12. The zero-order chi connectivity index (χ0) is 21.3. The van der Waals surface area contributed by atoms with E-state index in [1.165, 1.54) is 0 Å². The Morgan fingerprint density at radius 1 is 1.13 bits per heavy atom. The third-order valence-corrected chi connectivity index (χ3v) is 5.08. The number of urea groups is 1. The van der Waals surface area contributed by atoms with Crippen LogP contribution >= 0.6 is 0 Å². The molecule has 30 heavy (non-hydrogen) atoms. The molecule has 8 nitrogen and oxygen atoms in total. The van der Waals surface area contributed by atoms with E-state index in [2.05, 4.69) is 10.3 Å². The number of carbonyl (C=O) groups is 2. The molecule has 0 unspecified atom stereocenters. The summed E-state index contributed by atoms with van der Waals surface area (Å²) in [6, 6.07) is 13.7. The maximum atomic E-state index is 12.3. The predicted octanol–water partition coefficient (Wildman–Crippen LogP) is 2.85. The quantitative estimate of drug-likeness (QED) is 0.589. The summed E-state index contributed by atoms with van der Waals surface area (Å²) in [6.07, 6.45) is 1.57. The van der Waals surface area contributed by atoms with E-state index < -0.39 is 5.97 Å². The summed E-state index contributed by atoms with van der Waals surface area (Å²) in [7, 11) is 1.65. The Bertz CT molecular complexity index is 856. The first-order valence-corrected chi connectivity index (χ1v) is 10.1. The third kappa shape index (κ3) is 6.10. The van der Waals surface area contributed by atoms with Gasteiger partial charge in [-0.3, -0.25) is 4.79 Å². The van der Waals surface area contributed by atoms with E-state index in [-0.39, 0.29) is 19.0 Å². The molecule has 0 aliphatic carbocycles. The van der Waals surface area contributed by atoms with Gasteiger partial charge in [0.2, 0.25) is 0 Å². The van der Waals surface area contributed by atoms with Crippen LogP contribution in [0.5, 0.6) is 5.75 Å². The molecule has 2 N–H and O–H groups in total. The Kier molecular flexibility index (Phi) is 7.48. The maximum absolute atomic E-state index is 12.3. The second-order valence-corrected chi connectivity index (χ2v) is 7.22. The van der Waals surface area contributed by atoms with E-state index in [0.29, 0.717) is 26.2 Å². The van der Waals surface area contributed by atoms with Gasteiger partial charge in [0.1, 0.15) is 11.6 Å². The van der Waals surface area contributed by atoms with Crippen molar-refractivity contribution in [1.29, 1.82) is 0 Å². The normalized spacial score (nSPS) is 13.6. The number of benzene rings is 1. The molecule has 1 fully saturated rings. The second-order valence-electron chi connectivity index (χ2n) is 7.22. The molecule has 1 aliphatic heterocycles. The smallest absolute Gasteiger partial charge is 0.320 e. The van der Waals surface area contributed by atoms with Crippen molar-refractivity contribution in [3.63, 3.8) is 0 Å². The van der Waals surface area contributed by atoms with Crippen molar-refractivity contribution in [2.24, 2.45) is 0 Å². The van der Waals surface area contributed by atoms with Crippen LogP contribution in [0.15, 0.2) is 42.5 Å². The molecule has 0 atom stereocenters. The van der Waals surface area contributed by atoms with Gasteiger partial charge in [-0.1, -0.05) is 18.2 Å². The lowest BCUT2D eigenvalue weighted by atomic mass is 10.2. The Labute approximate surface area is 176 Å². The number of rotatable bonds is 11. The maximum Gasteiger partial charge on any atom is 0.320 e. The third-order valence-electron chi connectivity index (χ3n) is 5.08. The van der Waals surface area contributed by atoms with Crippen molar-refractivity contribution in [3.05, 3.63) is 53.7 Å². The molecular formula is C22H28N4O4. The number of ether oxygens (including phenoxy) is 1. The fourth-order valence-corrected chi connectivity index (χ4v) is 3.38. The molecular weight excluding hydrogens is 384 g/mol. The number of amides is 2. The van der Waals surface area contributed by atoms with Gasteiger partial charge in [-0.15, -0.1) is 0 Å². The topological polar surface area (TPSA) is 95.0 Å². The fourth-order valence-electron chi connectivity index (χ4n) is 3.38. The van der Waals surface area contributed by atoms with Gasteiger partial charge in [-0.25, -0.2) is 9.78 Å². The van der Waals surface area contributed by atoms with Gasteiger partial charge in [-0.2, -0.15) is 0 Å². The summed E-state index contributed by atoms with van der Waals surface area (Å²) in [4.78, 5) is 31.0. The van der Waals surface area contributed by atoms with Gasteiger partial charge in [0.05, 0.1) is 13.5 Å². The highest BCUT2D eigenvalue weighted by Crippen LogP contribution is 2.14. The number of aromatic nitrogens is 1. The van der Waals surface area contributed by atoms with Crippen LogP contribution < -0.4 is 10.1 Å². The first-order chi connectivity index (χ1) is 14.5. The van der Waals surface area contributed by atoms with E-state index in [9.17, 15) is 9.59 Å². The van der Waals surface area contributed by atoms with Crippen LogP contribution in [0.1, 0.15) is 24.1 Å². The van der Waals surface area contributed by atoms with Crippen molar-refractivity contribution >= 4 is 17.8 Å². The number of carboxylic acids is 1. The first kappa shape index (κ1) is 21.4. The van der Waals surface area contributed by atoms with Crippen molar-refractivity contribution in [2.75, 3.05) is 38.6 Å². The van der Waals surface area contributed by atoms with Crippen LogP contribution in [0, 0.1) is 0 Å². The number of anilines is 1. The number of pyridine rings is 1. The number of hydrogen-bond acceptors (Lipinski definition) is 5. The van der Waals surface area contributed by atoms with E-state index in [1.54, 1.807) is 16.9 Å². The Hall–Kier alpha value is -3.29. The summed E-state index contributed by atoms with van der Waals surface area (Å²) < 4.78 is 5.17. The lowest BCUT2D eigenvalue weighted by molar-refractivity contribution is -0.137. The average molecular weight is 412 g/mol. The Morgan fingerprint density at radius 2 is 1.87 bits per heavy atom. The minimum Gasteiger partial charge on any atom is -0.497 e. The van der Waals surface area contributed by atoms with Gasteiger partial charge in [0, 0.05) is 38.4 Å². The first-order valence-electron chi connectivity index (χ1n) is 10.1. The lowest BCUT2D eigenvalue weighted by Crippen LogP contribution is -2.33. The molecule has 8 heteroatoms. The largest absolute Gasteiger partial charge is 0.497 e. The number of aryl methyl sites for hydroxylation is 1. The molecule has 2 amide bonds. The summed E-state index contributed by atoms with van der Waals surface area (Å²) in [6.45, 7) is 2.83. The van der Waals surface area contributed by atoms with Crippen molar-refractivity contribution < 1.29 is 19.4 Å². The molecule has 1 aromatic carbocycles. The zero-order valence-electron chi connectivity index (χ0n) is 17.2. The van der Waals surface area contributed by atoms with Crippen molar-refractivity contribution in [1.82, 2.24) is 14.8 Å². The van der Waals surface area contributed by atoms with Crippen molar-refractivity contribution in [2.45, 2.75) is 25.8 Å². The number of nitrogens with zero attached hydrogens (tertiary/aromatic N) is 3. The van der Waals surface area contributed by atoms with Crippen LogP contribution in [0.3, 0.4) is 0 Å². The van der Waals surface area contributed by atoms with Crippen LogP contribution in [0.4, 0.5) is 10.6 Å². The summed E-state index contributed by atoms with van der Waals surface area (Å²) >= 11 is 0. The molecule has 2 heterocycles. The van der Waals surface area contributed by atoms with E-state index in [0.717, 1.165) is 35.7 Å². The van der Waals surface area contributed by atoms with Crippen LogP contribution in [0.25, 0.3) is 0 Å². The second kappa shape index (κ2) is 10.5. The molecule has 0 bridgehead atoms. The predicted molar refractivity (Wildman–Crippen MR) is 114 cm³/mol. The molecule has 1 saturated heterocycles. The number of aliphatic carboxylic acids is 1. The van der Waals surface area contributed by atoms with Gasteiger partial charge in [0.15, 0.2) is 0 Å². The highest BCUT2D eigenvalue weighted by molar-refractivity contribution is 5.77. The molecule has 0 radical (unpaired) electrons. The molecule has 0 spiro atoms. The average Bonchev–Trinajstić information content (AvgIpc) is 3.11. The van der Waals surface area contributed by atoms with Crippen LogP contribution in [0.2, 0.25) is 0 Å². The summed E-state index contributed by atoms with van der Waals surface area (Å²) in [5.74, 6) is 0.772. The SMILES string of the molecule is COc1ccc(CNc2cccc(CCCN3CCN(CCC(=O)O)C3=O)n2)cc1. The minimum atomic E-state index is -0.882. The van der Waals surface area contributed by atoms with Gasteiger partial charge in [0.25, 0.3) is 0 Å². The number of nitrogens with one attached hydrogen (secondary N) is 1. The minimum absolute atomic E-state index is 0.0141. The number of hydrogen-bond donors (Lipinski definition) is 2. The Morgan fingerprint density at radius 3 is 2.57 bits per heavy atom. The molecule has 0 saturated carbocycles. The fraction of sp³-hybridized carbons (Fsp3) is 0.409. The monoisotopic (exact) mass is 412 g/mol. The lowest BCUT2D eigenvalue weighted by Gasteiger charge is -2.18. The zero-order valence-corrected chi connectivity index (χ0v) is 17.2. The number of carbonyl (C=O) groups excluding carboxylic acids is 1. The molecule has 2 aromatic rings. The van der Waals surface area contributed by atoms with Crippen LogP contribution in [-0.2, 0) is 17.8 Å². The number of methoxy groups -OCH3 is 1. The van der Waals surface area contributed by atoms with E-state index in [4.69, 9.17) is 9.84 Å².